The van der Waals surface area contributed by atoms with E-state index >= 15 is 0 Å². The van der Waals surface area contributed by atoms with Gasteiger partial charge in [0.2, 0.25) is 5.95 Å². The molecule has 0 unspecified atom stereocenters. The Morgan fingerprint density at radius 3 is 2.48 bits per heavy atom. The number of nitrogens with zero attached hydrogens (tertiary/aromatic N) is 2. The van der Waals surface area contributed by atoms with Gasteiger partial charge in [-0.2, -0.15) is 5.26 Å². The lowest BCUT2D eigenvalue weighted by molar-refractivity contribution is 0.0698. The van der Waals surface area contributed by atoms with Crippen LogP contribution in [0.2, 0.25) is 0 Å². The number of fused-ring (bicyclic) bond motifs is 1. The molecule has 4 aromatic rings. The molecule has 0 aliphatic heterocycles. The van der Waals surface area contributed by atoms with E-state index in [4.69, 9.17) is 5.26 Å². The number of nitrogens with one attached hydrogen (secondary N) is 2. The molecule has 0 bridgehead atoms. The summed E-state index contributed by atoms with van der Waals surface area (Å²) in [6.45, 7) is 0. The molecule has 3 N–H and O–H groups in total. The molecule has 0 saturated carbocycles. The van der Waals surface area contributed by atoms with Gasteiger partial charge < -0.3 is 10.1 Å². The number of aromatic carboxylic acids is 1. The zero-order valence-electron chi connectivity index (χ0n) is 15.0. The van der Waals surface area contributed by atoms with Crippen molar-refractivity contribution in [3.05, 3.63) is 83.4 Å². The quantitative estimate of drug-likeness (QED) is 0.492. The number of aromatic amines is 1. The molecule has 0 atom stereocenters. The second-order valence-electron chi connectivity index (χ2n) is 6.32. The fraction of sp³-hybridized carbons (Fsp3) is 0. The third kappa shape index (κ3) is 3.55. The van der Waals surface area contributed by atoms with Crippen molar-refractivity contribution in [1.29, 1.82) is 5.26 Å². The van der Waals surface area contributed by atoms with Crippen LogP contribution < -0.4 is 5.32 Å². The molecule has 29 heavy (non-hydrogen) atoms. The number of carbonyl (C=O) groups is 2. The summed E-state index contributed by atoms with van der Waals surface area (Å²) in [5.41, 5.74) is 3.56. The average Bonchev–Trinajstić information content (AvgIpc) is 3.16. The Morgan fingerprint density at radius 1 is 1.00 bits per heavy atom. The smallest absolute Gasteiger partial charge is 0.337 e. The molecule has 140 valence electrons. The third-order valence-corrected chi connectivity index (χ3v) is 4.45. The van der Waals surface area contributed by atoms with E-state index < -0.39 is 5.97 Å². The maximum Gasteiger partial charge on any atom is 0.337 e. The summed E-state index contributed by atoms with van der Waals surface area (Å²) < 4.78 is 0. The predicted molar refractivity (Wildman–Crippen MR) is 108 cm³/mol. The van der Waals surface area contributed by atoms with E-state index in [-0.39, 0.29) is 22.9 Å². The van der Waals surface area contributed by atoms with Crippen molar-refractivity contribution in [3.63, 3.8) is 0 Å². The Hall–Kier alpha value is -4.44. The predicted octanol–water partition coefficient (Wildman–Crippen LogP) is 4.05. The summed E-state index contributed by atoms with van der Waals surface area (Å²) in [7, 11) is 0. The second kappa shape index (κ2) is 7.29. The topological polar surface area (TPSA) is 119 Å². The van der Waals surface area contributed by atoms with Gasteiger partial charge in [0.15, 0.2) is 0 Å². The van der Waals surface area contributed by atoms with Gasteiger partial charge in [-0.25, -0.2) is 9.78 Å². The summed E-state index contributed by atoms with van der Waals surface area (Å²) in [5.74, 6) is -1.30. The number of amides is 1. The van der Waals surface area contributed by atoms with Crippen molar-refractivity contribution >= 4 is 28.9 Å². The Morgan fingerprint density at radius 2 is 1.76 bits per heavy atom. The minimum absolute atomic E-state index is 0.0575. The van der Waals surface area contributed by atoms with Gasteiger partial charge in [0, 0.05) is 5.56 Å². The van der Waals surface area contributed by atoms with Crippen LogP contribution in [-0.4, -0.2) is 27.0 Å². The molecule has 3 aromatic carbocycles. The molecule has 1 aromatic heterocycles. The summed E-state index contributed by atoms with van der Waals surface area (Å²) >= 11 is 0. The third-order valence-electron chi connectivity index (χ3n) is 4.45. The monoisotopic (exact) mass is 382 g/mol. The summed E-state index contributed by atoms with van der Waals surface area (Å²) in [5, 5.41) is 20.8. The van der Waals surface area contributed by atoms with E-state index in [9.17, 15) is 14.7 Å². The standard InChI is InChI=1S/C22H14N4O3/c23-12-13-7-9-14(10-8-13)15-3-1-4-16(11-15)20(27)26-22-24-18-6-2-5-17(21(28)29)19(18)25-22/h1-11H,(H,28,29)(H2,24,25,26,27). The van der Waals surface area contributed by atoms with Crippen LogP contribution in [0.4, 0.5) is 5.95 Å². The van der Waals surface area contributed by atoms with E-state index in [0.29, 0.717) is 16.6 Å². The van der Waals surface area contributed by atoms with Crippen molar-refractivity contribution in [3.8, 4) is 17.2 Å². The average molecular weight is 382 g/mol. The maximum absolute atomic E-state index is 12.7. The maximum atomic E-state index is 12.7. The molecule has 0 spiro atoms. The van der Waals surface area contributed by atoms with Crippen LogP contribution in [0.1, 0.15) is 26.3 Å². The molecule has 1 amide bonds. The van der Waals surface area contributed by atoms with Gasteiger partial charge in [-0.3, -0.25) is 10.1 Å². The number of hydrogen-bond acceptors (Lipinski definition) is 4. The Labute approximate surface area is 165 Å². The first-order valence-electron chi connectivity index (χ1n) is 8.69. The van der Waals surface area contributed by atoms with Gasteiger partial charge in [0.05, 0.1) is 22.7 Å². The van der Waals surface area contributed by atoms with Crippen LogP contribution in [0, 0.1) is 11.3 Å². The number of carboxylic acids is 1. The van der Waals surface area contributed by atoms with Crippen LogP contribution in [0.15, 0.2) is 66.7 Å². The van der Waals surface area contributed by atoms with Gasteiger partial charge in [-0.1, -0.05) is 30.3 Å². The lowest BCUT2D eigenvalue weighted by Gasteiger charge is -2.06. The minimum Gasteiger partial charge on any atom is -0.478 e. The van der Waals surface area contributed by atoms with Crippen molar-refractivity contribution < 1.29 is 14.7 Å². The molecule has 0 radical (unpaired) electrons. The number of nitriles is 1. The Kier molecular flexibility index (Phi) is 4.51. The number of H-pyrrole nitrogens is 1. The summed E-state index contributed by atoms with van der Waals surface area (Å²) in [6, 6.07) is 21.0. The first-order valence-corrected chi connectivity index (χ1v) is 8.69. The number of aromatic nitrogens is 2. The molecule has 0 saturated heterocycles. The van der Waals surface area contributed by atoms with Crippen LogP contribution >= 0.6 is 0 Å². The fourth-order valence-corrected chi connectivity index (χ4v) is 3.02. The number of anilines is 1. The summed E-state index contributed by atoms with van der Waals surface area (Å²) in [6.07, 6.45) is 0. The number of hydrogen-bond donors (Lipinski definition) is 3. The van der Waals surface area contributed by atoms with Gasteiger partial charge in [0.25, 0.3) is 5.91 Å². The minimum atomic E-state index is -1.09. The van der Waals surface area contributed by atoms with E-state index in [2.05, 4.69) is 21.4 Å². The lowest BCUT2D eigenvalue weighted by atomic mass is 10.0. The SMILES string of the molecule is N#Cc1ccc(-c2cccc(C(=O)Nc3nc4c(C(=O)O)cccc4[nH]3)c2)cc1. The normalized spacial score (nSPS) is 10.4. The highest BCUT2D eigenvalue weighted by atomic mass is 16.4. The molecule has 0 aliphatic rings. The van der Waals surface area contributed by atoms with Gasteiger partial charge in [0.1, 0.15) is 5.52 Å². The van der Waals surface area contributed by atoms with Crippen LogP contribution in [0.3, 0.4) is 0 Å². The number of carbonyl (C=O) groups excluding carboxylic acids is 1. The zero-order chi connectivity index (χ0) is 20.4. The first-order chi connectivity index (χ1) is 14.0. The molecular formula is C22H14N4O3. The van der Waals surface area contributed by atoms with Crippen LogP contribution in [0.5, 0.6) is 0 Å². The van der Waals surface area contributed by atoms with Crippen LogP contribution in [-0.2, 0) is 0 Å². The highest BCUT2D eigenvalue weighted by Gasteiger charge is 2.14. The van der Waals surface area contributed by atoms with E-state index in [0.717, 1.165) is 11.1 Å². The summed E-state index contributed by atoms with van der Waals surface area (Å²) in [4.78, 5) is 31.1. The van der Waals surface area contributed by atoms with Gasteiger partial charge in [-0.15, -0.1) is 0 Å². The number of benzene rings is 3. The first kappa shape index (κ1) is 17.9. The molecule has 0 fully saturated rings. The Bertz CT molecular complexity index is 1280. The lowest BCUT2D eigenvalue weighted by Crippen LogP contribution is -2.13. The fourth-order valence-electron chi connectivity index (χ4n) is 3.02. The van der Waals surface area contributed by atoms with Crippen molar-refractivity contribution in [1.82, 2.24) is 9.97 Å². The number of para-hydroxylation sites is 1. The van der Waals surface area contributed by atoms with Crippen molar-refractivity contribution in [2.75, 3.05) is 5.32 Å². The molecular weight excluding hydrogens is 368 g/mol. The molecule has 1 heterocycles. The van der Waals surface area contributed by atoms with E-state index in [1.54, 1.807) is 42.5 Å². The number of rotatable bonds is 4. The van der Waals surface area contributed by atoms with Gasteiger partial charge >= 0.3 is 5.97 Å². The number of imidazole rings is 1. The number of carboxylic acid groups (broad SMARTS) is 1. The molecule has 0 aliphatic carbocycles. The highest BCUT2D eigenvalue weighted by molar-refractivity contribution is 6.06. The highest BCUT2D eigenvalue weighted by Crippen LogP contribution is 2.22. The van der Waals surface area contributed by atoms with E-state index in [1.807, 2.05) is 18.2 Å². The zero-order valence-corrected chi connectivity index (χ0v) is 15.0. The van der Waals surface area contributed by atoms with Crippen LogP contribution in [0.25, 0.3) is 22.2 Å². The molecule has 7 heteroatoms. The largest absolute Gasteiger partial charge is 0.478 e. The van der Waals surface area contributed by atoms with E-state index in [1.165, 1.54) is 6.07 Å². The molecule has 7 nitrogen and oxygen atoms in total. The van der Waals surface area contributed by atoms with Crippen molar-refractivity contribution in [2.24, 2.45) is 0 Å². The molecule has 4 rings (SSSR count). The Balaban J connectivity index is 1.60. The second-order valence-corrected chi connectivity index (χ2v) is 6.32. The van der Waals surface area contributed by atoms with Crippen molar-refractivity contribution in [2.45, 2.75) is 0 Å². The van der Waals surface area contributed by atoms with Gasteiger partial charge in [-0.05, 0) is 47.5 Å².